The summed E-state index contributed by atoms with van der Waals surface area (Å²) in [6, 6.07) is 0. The summed E-state index contributed by atoms with van der Waals surface area (Å²) in [5.74, 6) is 0. The molecule has 0 aromatic heterocycles. The molecule has 19 heavy (non-hydrogen) atoms. The number of hydrogen-bond acceptors (Lipinski definition) is 3. The van der Waals surface area contributed by atoms with Crippen molar-refractivity contribution in [2.75, 3.05) is 26.9 Å². The molecule has 0 N–H and O–H groups in total. The zero-order valence-corrected chi connectivity index (χ0v) is 14.3. The minimum Gasteiger partial charge on any atom is -0.385 e. The Labute approximate surface area is 120 Å². The van der Waals surface area contributed by atoms with Crippen LogP contribution in [0, 0.1) is 5.41 Å². The van der Waals surface area contributed by atoms with Crippen LogP contribution in [0.25, 0.3) is 0 Å². The highest BCUT2D eigenvalue weighted by Crippen LogP contribution is 2.23. The average molecular weight is 274 g/mol. The Balaban J connectivity index is 3.97. The van der Waals surface area contributed by atoms with Crippen molar-refractivity contribution >= 4 is 0 Å². The van der Waals surface area contributed by atoms with Crippen LogP contribution in [0.2, 0.25) is 0 Å². The molecule has 0 aliphatic rings. The molecule has 0 rings (SSSR count). The van der Waals surface area contributed by atoms with Gasteiger partial charge >= 0.3 is 0 Å². The Morgan fingerprint density at radius 2 is 1.16 bits per heavy atom. The van der Waals surface area contributed by atoms with Gasteiger partial charge in [0.2, 0.25) is 0 Å². The fourth-order valence-electron chi connectivity index (χ4n) is 1.48. The molecular formula is C16H34O3. The molecule has 0 saturated heterocycles. The van der Waals surface area contributed by atoms with Crippen LogP contribution in [0.3, 0.4) is 0 Å². The van der Waals surface area contributed by atoms with Gasteiger partial charge in [-0.05, 0) is 46.0 Å². The van der Waals surface area contributed by atoms with Crippen LogP contribution in [0.4, 0.5) is 0 Å². The molecule has 0 fully saturated rings. The highest BCUT2D eigenvalue weighted by molar-refractivity contribution is 4.73. The van der Waals surface area contributed by atoms with Gasteiger partial charge < -0.3 is 14.2 Å². The van der Waals surface area contributed by atoms with E-state index >= 15 is 0 Å². The minimum absolute atomic E-state index is 0.129. The summed E-state index contributed by atoms with van der Waals surface area (Å²) in [4.78, 5) is 0. The molecule has 3 heteroatoms. The van der Waals surface area contributed by atoms with E-state index in [1.54, 1.807) is 7.11 Å². The Bertz CT molecular complexity index is 239. The van der Waals surface area contributed by atoms with Crippen LogP contribution in [0.15, 0.2) is 0 Å². The summed E-state index contributed by atoms with van der Waals surface area (Å²) >= 11 is 0. The molecule has 3 nitrogen and oxygen atoms in total. The largest absolute Gasteiger partial charge is 0.385 e. The summed E-state index contributed by atoms with van der Waals surface area (Å²) in [7, 11) is 1.72. The second kappa shape index (κ2) is 7.61. The first-order valence-electron chi connectivity index (χ1n) is 7.24. The van der Waals surface area contributed by atoms with Crippen molar-refractivity contribution in [3.05, 3.63) is 0 Å². The second-order valence-electron chi connectivity index (χ2n) is 7.71. The summed E-state index contributed by atoms with van der Waals surface area (Å²) in [5.41, 5.74) is -0.0589. The van der Waals surface area contributed by atoms with Gasteiger partial charge in [-0.2, -0.15) is 0 Å². The average Bonchev–Trinajstić information content (AvgIpc) is 2.22. The van der Waals surface area contributed by atoms with Crippen LogP contribution in [-0.2, 0) is 14.2 Å². The number of ether oxygens (including phenoxy) is 3. The van der Waals surface area contributed by atoms with Gasteiger partial charge in [-0.15, -0.1) is 0 Å². The number of rotatable bonds is 9. The van der Waals surface area contributed by atoms with Crippen LogP contribution in [0.1, 0.15) is 61.3 Å². The summed E-state index contributed by atoms with van der Waals surface area (Å²) in [6.07, 6.45) is 1.81. The SMILES string of the molecule is COCCC(C)(C)OCCC(C)(C)OCC(C)(C)C. The number of methoxy groups -OCH3 is 1. The van der Waals surface area contributed by atoms with Gasteiger partial charge in [0.25, 0.3) is 0 Å². The van der Waals surface area contributed by atoms with E-state index in [2.05, 4.69) is 48.5 Å². The monoisotopic (exact) mass is 274 g/mol. The van der Waals surface area contributed by atoms with E-state index in [9.17, 15) is 0 Å². The van der Waals surface area contributed by atoms with Gasteiger partial charge in [-0.1, -0.05) is 20.8 Å². The summed E-state index contributed by atoms with van der Waals surface area (Å²) in [5, 5.41) is 0. The van der Waals surface area contributed by atoms with Crippen LogP contribution in [-0.4, -0.2) is 38.1 Å². The predicted octanol–water partition coefficient (Wildman–Crippen LogP) is 4.05. The van der Waals surface area contributed by atoms with E-state index in [4.69, 9.17) is 14.2 Å². The molecule has 0 atom stereocenters. The molecule has 0 bridgehead atoms. The third-order valence-corrected chi connectivity index (χ3v) is 3.00. The van der Waals surface area contributed by atoms with E-state index in [-0.39, 0.29) is 16.6 Å². The van der Waals surface area contributed by atoms with Crippen molar-refractivity contribution in [2.45, 2.75) is 72.5 Å². The lowest BCUT2D eigenvalue weighted by molar-refractivity contribution is -0.0920. The van der Waals surface area contributed by atoms with E-state index in [1.165, 1.54) is 0 Å². The Hall–Kier alpha value is -0.120. The van der Waals surface area contributed by atoms with E-state index < -0.39 is 0 Å². The molecule has 0 radical (unpaired) electrons. The topological polar surface area (TPSA) is 27.7 Å². The first-order valence-corrected chi connectivity index (χ1v) is 7.24. The third kappa shape index (κ3) is 11.4. The highest BCUT2D eigenvalue weighted by Gasteiger charge is 2.24. The summed E-state index contributed by atoms with van der Waals surface area (Å²) < 4.78 is 17.0. The highest BCUT2D eigenvalue weighted by atomic mass is 16.5. The first kappa shape index (κ1) is 18.9. The molecule has 0 amide bonds. The van der Waals surface area contributed by atoms with Gasteiger partial charge in [-0.3, -0.25) is 0 Å². The Morgan fingerprint density at radius 3 is 1.63 bits per heavy atom. The molecule has 0 aromatic carbocycles. The van der Waals surface area contributed by atoms with Crippen molar-refractivity contribution in [3.63, 3.8) is 0 Å². The maximum atomic E-state index is 5.99. The van der Waals surface area contributed by atoms with Gasteiger partial charge in [0, 0.05) is 13.7 Å². The molecule has 0 aliphatic heterocycles. The Kier molecular flexibility index (Phi) is 7.56. The number of hydrogen-bond donors (Lipinski definition) is 0. The van der Waals surface area contributed by atoms with Crippen molar-refractivity contribution in [1.82, 2.24) is 0 Å². The lowest BCUT2D eigenvalue weighted by atomic mass is 9.97. The predicted molar refractivity (Wildman–Crippen MR) is 80.6 cm³/mol. The minimum atomic E-state index is -0.134. The van der Waals surface area contributed by atoms with Crippen LogP contribution in [0.5, 0.6) is 0 Å². The lowest BCUT2D eigenvalue weighted by Gasteiger charge is -2.32. The lowest BCUT2D eigenvalue weighted by Crippen LogP contribution is -2.33. The smallest absolute Gasteiger partial charge is 0.0648 e. The van der Waals surface area contributed by atoms with Gasteiger partial charge in [0.15, 0.2) is 0 Å². The Morgan fingerprint density at radius 1 is 0.684 bits per heavy atom. The van der Waals surface area contributed by atoms with Crippen LogP contribution >= 0.6 is 0 Å². The molecule has 0 unspecified atom stereocenters. The molecule has 0 spiro atoms. The van der Waals surface area contributed by atoms with E-state index in [1.807, 2.05) is 0 Å². The zero-order valence-electron chi connectivity index (χ0n) is 14.3. The first-order chi connectivity index (χ1) is 8.47. The zero-order chi connectivity index (χ0) is 15.2. The maximum absolute atomic E-state index is 5.99. The third-order valence-electron chi connectivity index (χ3n) is 3.00. The van der Waals surface area contributed by atoms with Crippen molar-refractivity contribution in [1.29, 1.82) is 0 Å². The normalized spacial score (nSPS) is 13.9. The fraction of sp³-hybridized carbons (Fsp3) is 1.00. The molecular weight excluding hydrogens is 240 g/mol. The fourth-order valence-corrected chi connectivity index (χ4v) is 1.48. The van der Waals surface area contributed by atoms with Crippen LogP contribution < -0.4 is 0 Å². The molecule has 0 heterocycles. The molecule has 116 valence electrons. The van der Waals surface area contributed by atoms with E-state index in [0.717, 1.165) is 26.1 Å². The quantitative estimate of drug-likeness (QED) is 0.635. The summed E-state index contributed by atoms with van der Waals surface area (Å²) in [6.45, 7) is 17.3. The van der Waals surface area contributed by atoms with E-state index in [0.29, 0.717) is 6.61 Å². The second-order valence-corrected chi connectivity index (χ2v) is 7.71. The maximum Gasteiger partial charge on any atom is 0.0648 e. The molecule has 0 saturated carbocycles. The molecule has 0 aliphatic carbocycles. The van der Waals surface area contributed by atoms with Gasteiger partial charge in [0.1, 0.15) is 0 Å². The van der Waals surface area contributed by atoms with Crippen molar-refractivity contribution < 1.29 is 14.2 Å². The standard InChI is InChI=1S/C16H34O3/c1-14(2,3)13-19-16(6,7)10-12-18-15(4,5)9-11-17-8/h9-13H2,1-8H3. The van der Waals surface area contributed by atoms with Gasteiger partial charge in [0.05, 0.1) is 24.4 Å². The van der Waals surface area contributed by atoms with Crippen molar-refractivity contribution in [2.24, 2.45) is 5.41 Å². The molecule has 0 aromatic rings. The van der Waals surface area contributed by atoms with Crippen molar-refractivity contribution in [3.8, 4) is 0 Å². The van der Waals surface area contributed by atoms with Gasteiger partial charge in [-0.25, -0.2) is 0 Å².